The van der Waals surface area contributed by atoms with Gasteiger partial charge in [-0.1, -0.05) is 6.92 Å². The zero-order valence-electron chi connectivity index (χ0n) is 8.89. The van der Waals surface area contributed by atoms with Crippen LogP contribution in [-0.2, 0) is 6.18 Å². The number of carbonyl (C=O) groups excluding carboxylic acids is 1. The van der Waals surface area contributed by atoms with Gasteiger partial charge in [-0.3, -0.25) is 4.79 Å². The third kappa shape index (κ3) is 2.53. The molecule has 0 heterocycles. The Morgan fingerprint density at radius 1 is 1.38 bits per heavy atom. The number of hydrogen-bond donors (Lipinski definition) is 0. The second kappa shape index (κ2) is 4.55. The Bertz CT molecular complexity index is 397. The van der Waals surface area contributed by atoms with Crippen molar-refractivity contribution in [3.63, 3.8) is 0 Å². The average Bonchev–Trinajstić information content (AvgIpc) is 2.25. The molecule has 0 aliphatic heterocycles. The standard InChI is InChI=1S/C11H11F3O2/c1-3-9(15)8-6-7(11(12,13)14)4-5-10(8)16-2/h4-6H,3H2,1-2H3. The van der Waals surface area contributed by atoms with Crippen molar-refractivity contribution in [2.24, 2.45) is 0 Å². The Labute approximate surface area is 91.0 Å². The van der Waals surface area contributed by atoms with E-state index in [9.17, 15) is 18.0 Å². The Morgan fingerprint density at radius 3 is 2.44 bits per heavy atom. The van der Waals surface area contributed by atoms with Gasteiger partial charge in [0.25, 0.3) is 0 Å². The zero-order chi connectivity index (χ0) is 12.3. The van der Waals surface area contributed by atoms with Crippen molar-refractivity contribution in [1.82, 2.24) is 0 Å². The third-order valence-corrected chi connectivity index (χ3v) is 2.15. The summed E-state index contributed by atoms with van der Waals surface area (Å²) in [5.41, 5.74) is -0.870. The van der Waals surface area contributed by atoms with Crippen molar-refractivity contribution in [2.75, 3.05) is 7.11 Å². The second-order valence-corrected chi connectivity index (χ2v) is 3.19. The summed E-state index contributed by atoms with van der Waals surface area (Å²) in [6.07, 6.45) is -4.31. The number of carbonyl (C=O) groups is 1. The van der Waals surface area contributed by atoms with Gasteiger partial charge in [0.2, 0.25) is 0 Å². The highest BCUT2D eigenvalue weighted by molar-refractivity contribution is 5.98. The minimum atomic E-state index is -4.45. The number of Topliss-reactive ketones (excluding diaryl/α,β-unsaturated/α-hetero) is 1. The Balaban J connectivity index is 3.27. The van der Waals surface area contributed by atoms with Gasteiger partial charge >= 0.3 is 6.18 Å². The van der Waals surface area contributed by atoms with Crippen LogP contribution in [0.5, 0.6) is 5.75 Å². The van der Waals surface area contributed by atoms with Gasteiger partial charge in [-0.15, -0.1) is 0 Å². The van der Waals surface area contributed by atoms with Gasteiger partial charge in [0.05, 0.1) is 18.2 Å². The molecule has 0 atom stereocenters. The monoisotopic (exact) mass is 232 g/mol. The van der Waals surface area contributed by atoms with Gasteiger partial charge in [-0.2, -0.15) is 13.2 Å². The fourth-order valence-electron chi connectivity index (χ4n) is 1.29. The van der Waals surface area contributed by atoms with Crippen molar-refractivity contribution in [3.8, 4) is 5.75 Å². The van der Waals surface area contributed by atoms with Gasteiger partial charge in [0.1, 0.15) is 5.75 Å². The summed E-state index contributed by atoms with van der Waals surface area (Å²) in [5, 5.41) is 0. The van der Waals surface area contributed by atoms with Crippen LogP contribution in [0.1, 0.15) is 29.3 Å². The molecule has 88 valence electrons. The molecule has 0 aliphatic rings. The Morgan fingerprint density at radius 2 is 2.00 bits per heavy atom. The number of halogens is 3. The molecule has 1 rings (SSSR count). The fourth-order valence-corrected chi connectivity index (χ4v) is 1.29. The van der Waals surface area contributed by atoms with E-state index in [-0.39, 0.29) is 23.5 Å². The van der Waals surface area contributed by atoms with Gasteiger partial charge in [0.15, 0.2) is 5.78 Å². The van der Waals surface area contributed by atoms with E-state index in [1.54, 1.807) is 6.92 Å². The van der Waals surface area contributed by atoms with Gasteiger partial charge in [-0.05, 0) is 18.2 Å². The highest BCUT2D eigenvalue weighted by Gasteiger charge is 2.31. The van der Waals surface area contributed by atoms with E-state index in [0.29, 0.717) is 0 Å². The Hall–Kier alpha value is -1.52. The first-order chi connectivity index (χ1) is 7.40. The SMILES string of the molecule is CCC(=O)c1cc(C(F)(F)F)ccc1OC. The summed E-state index contributed by atoms with van der Waals surface area (Å²) in [5.74, 6) is -0.206. The van der Waals surface area contributed by atoms with E-state index in [0.717, 1.165) is 18.2 Å². The molecule has 0 saturated heterocycles. The summed E-state index contributed by atoms with van der Waals surface area (Å²) in [6, 6.07) is 2.88. The average molecular weight is 232 g/mol. The van der Waals surface area contributed by atoms with Crippen molar-refractivity contribution in [1.29, 1.82) is 0 Å². The van der Waals surface area contributed by atoms with E-state index < -0.39 is 11.7 Å². The van der Waals surface area contributed by atoms with Crippen LogP contribution in [0.3, 0.4) is 0 Å². The third-order valence-electron chi connectivity index (χ3n) is 2.15. The lowest BCUT2D eigenvalue weighted by atomic mass is 10.0. The zero-order valence-corrected chi connectivity index (χ0v) is 8.89. The van der Waals surface area contributed by atoms with Crippen molar-refractivity contribution in [3.05, 3.63) is 29.3 Å². The maximum atomic E-state index is 12.4. The summed E-state index contributed by atoms with van der Waals surface area (Å²) in [7, 11) is 1.31. The van der Waals surface area contributed by atoms with Crippen molar-refractivity contribution >= 4 is 5.78 Å². The maximum absolute atomic E-state index is 12.4. The molecule has 0 bridgehead atoms. The number of rotatable bonds is 3. The lowest BCUT2D eigenvalue weighted by Crippen LogP contribution is -2.08. The molecule has 16 heavy (non-hydrogen) atoms. The molecular weight excluding hydrogens is 221 g/mol. The highest BCUT2D eigenvalue weighted by Crippen LogP contribution is 2.32. The van der Waals surface area contributed by atoms with Crippen LogP contribution in [0.4, 0.5) is 13.2 Å². The number of hydrogen-bond acceptors (Lipinski definition) is 2. The molecule has 0 fully saturated rings. The first-order valence-corrected chi connectivity index (χ1v) is 4.68. The molecule has 0 unspecified atom stereocenters. The molecule has 0 amide bonds. The van der Waals surface area contributed by atoms with Gasteiger partial charge < -0.3 is 4.74 Å². The lowest BCUT2D eigenvalue weighted by molar-refractivity contribution is -0.137. The normalized spacial score (nSPS) is 11.3. The van der Waals surface area contributed by atoms with Crippen LogP contribution < -0.4 is 4.74 Å². The minimum Gasteiger partial charge on any atom is -0.496 e. The number of benzene rings is 1. The Kier molecular flexibility index (Phi) is 3.57. The van der Waals surface area contributed by atoms with Crippen molar-refractivity contribution < 1.29 is 22.7 Å². The minimum absolute atomic E-state index is 0.0279. The van der Waals surface area contributed by atoms with E-state index >= 15 is 0 Å². The van der Waals surface area contributed by atoms with E-state index in [4.69, 9.17) is 4.74 Å². The van der Waals surface area contributed by atoms with Crippen LogP contribution in [0.15, 0.2) is 18.2 Å². The summed E-state index contributed by atoms with van der Waals surface area (Å²) < 4.78 is 42.1. The summed E-state index contributed by atoms with van der Waals surface area (Å²) in [6.45, 7) is 1.59. The molecule has 0 N–H and O–H groups in total. The number of methoxy groups -OCH3 is 1. The molecule has 5 heteroatoms. The van der Waals surface area contributed by atoms with Crippen LogP contribution in [0.2, 0.25) is 0 Å². The lowest BCUT2D eigenvalue weighted by Gasteiger charge is -2.11. The maximum Gasteiger partial charge on any atom is 0.416 e. The summed E-state index contributed by atoms with van der Waals surface area (Å²) in [4.78, 5) is 11.4. The molecule has 1 aromatic rings. The van der Waals surface area contributed by atoms with Gasteiger partial charge in [-0.25, -0.2) is 0 Å². The summed E-state index contributed by atoms with van der Waals surface area (Å²) >= 11 is 0. The largest absolute Gasteiger partial charge is 0.496 e. The molecule has 0 radical (unpaired) electrons. The molecular formula is C11H11F3O2. The quantitative estimate of drug-likeness (QED) is 0.747. The van der Waals surface area contributed by atoms with E-state index in [2.05, 4.69) is 0 Å². The molecule has 1 aromatic carbocycles. The smallest absolute Gasteiger partial charge is 0.416 e. The topological polar surface area (TPSA) is 26.3 Å². The highest BCUT2D eigenvalue weighted by atomic mass is 19.4. The number of ketones is 1. The second-order valence-electron chi connectivity index (χ2n) is 3.19. The van der Waals surface area contributed by atoms with Crippen LogP contribution in [-0.4, -0.2) is 12.9 Å². The number of ether oxygens (including phenoxy) is 1. The van der Waals surface area contributed by atoms with E-state index in [1.165, 1.54) is 7.11 Å². The van der Waals surface area contributed by atoms with Crippen LogP contribution >= 0.6 is 0 Å². The molecule has 0 aliphatic carbocycles. The molecule has 0 aromatic heterocycles. The van der Waals surface area contributed by atoms with Crippen LogP contribution in [0, 0.1) is 0 Å². The van der Waals surface area contributed by atoms with Crippen LogP contribution in [0.25, 0.3) is 0 Å². The first kappa shape index (κ1) is 12.5. The molecule has 0 saturated carbocycles. The predicted octanol–water partition coefficient (Wildman–Crippen LogP) is 3.31. The van der Waals surface area contributed by atoms with Crippen molar-refractivity contribution in [2.45, 2.75) is 19.5 Å². The number of alkyl halides is 3. The first-order valence-electron chi connectivity index (χ1n) is 4.68. The molecule has 2 nitrogen and oxygen atoms in total. The fraction of sp³-hybridized carbons (Fsp3) is 0.364. The van der Waals surface area contributed by atoms with E-state index in [1.807, 2.05) is 0 Å². The predicted molar refractivity (Wildman–Crippen MR) is 52.6 cm³/mol. The van der Waals surface area contributed by atoms with Gasteiger partial charge in [0, 0.05) is 6.42 Å². The molecule has 0 spiro atoms.